The summed E-state index contributed by atoms with van der Waals surface area (Å²) in [7, 11) is 1.43. The molecule has 2 amide bonds. The van der Waals surface area contributed by atoms with E-state index >= 15 is 0 Å². The van der Waals surface area contributed by atoms with Crippen LogP contribution in [-0.2, 0) is 14.3 Å². The molecule has 6 nitrogen and oxygen atoms in total. The molecule has 0 saturated carbocycles. The van der Waals surface area contributed by atoms with Crippen molar-refractivity contribution in [3.63, 3.8) is 0 Å². The van der Waals surface area contributed by atoms with Gasteiger partial charge in [-0.3, -0.25) is 19.7 Å². The van der Waals surface area contributed by atoms with Gasteiger partial charge < -0.3 is 9.47 Å². The Kier molecular flexibility index (Phi) is 7.58. The second-order valence-corrected chi connectivity index (χ2v) is 6.89. The van der Waals surface area contributed by atoms with E-state index in [0.717, 1.165) is 5.56 Å². The van der Waals surface area contributed by atoms with Crippen LogP contribution >= 0.6 is 11.6 Å². The van der Waals surface area contributed by atoms with Gasteiger partial charge in [-0.05, 0) is 35.7 Å². The van der Waals surface area contributed by atoms with Crippen molar-refractivity contribution < 1.29 is 23.9 Å². The Balaban J connectivity index is 1.97. The van der Waals surface area contributed by atoms with E-state index in [-0.39, 0.29) is 11.5 Å². The van der Waals surface area contributed by atoms with E-state index < -0.39 is 30.3 Å². The maximum absolute atomic E-state index is 12.5. The fourth-order valence-electron chi connectivity index (χ4n) is 2.75. The molecule has 0 spiro atoms. The van der Waals surface area contributed by atoms with Crippen LogP contribution in [0.3, 0.4) is 0 Å². The highest BCUT2D eigenvalue weighted by atomic mass is 35.5. The minimum atomic E-state index is -0.720. The molecule has 148 valence electrons. The molecule has 28 heavy (non-hydrogen) atoms. The molecule has 7 heteroatoms. The largest absolute Gasteiger partial charge is 0.496 e. The molecule has 2 aromatic rings. The highest BCUT2D eigenvalue weighted by molar-refractivity contribution is 6.30. The Morgan fingerprint density at radius 2 is 1.68 bits per heavy atom. The van der Waals surface area contributed by atoms with Gasteiger partial charge in [0.25, 0.3) is 11.8 Å². The van der Waals surface area contributed by atoms with Crippen LogP contribution in [0.2, 0.25) is 5.02 Å². The van der Waals surface area contributed by atoms with Crippen LogP contribution in [0.4, 0.5) is 0 Å². The van der Waals surface area contributed by atoms with Gasteiger partial charge in [0, 0.05) is 5.02 Å². The molecule has 1 N–H and O–H groups in total. The Labute approximate surface area is 168 Å². The molecule has 0 heterocycles. The lowest BCUT2D eigenvalue weighted by molar-refractivity contribution is -0.150. The summed E-state index contributed by atoms with van der Waals surface area (Å²) in [6.07, 6.45) is 0. The van der Waals surface area contributed by atoms with Gasteiger partial charge in [0.2, 0.25) is 0 Å². The predicted octanol–water partition coefficient (Wildman–Crippen LogP) is 3.59. The van der Waals surface area contributed by atoms with Crippen molar-refractivity contribution in [1.82, 2.24) is 5.32 Å². The Morgan fingerprint density at radius 1 is 1.04 bits per heavy atom. The van der Waals surface area contributed by atoms with Crippen molar-refractivity contribution in [3.8, 4) is 5.75 Å². The van der Waals surface area contributed by atoms with E-state index in [1.807, 2.05) is 13.8 Å². The Bertz CT molecular complexity index is 848. The van der Waals surface area contributed by atoms with Crippen LogP contribution < -0.4 is 10.1 Å². The number of imide groups is 1. The van der Waals surface area contributed by atoms with E-state index in [0.29, 0.717) is 10.8 Å². The molecule has 0 fully saturated rings. The van der Waals surface area contributed by atoms with Crippen LogP contribution in [0.1, 0.15) is 35.7 Å². The molecule has 0 bridgehead atoms. The summed E-state index contributed by atoms with van der Waals surface area (Å²) in [5.41, 5.74) is 0.959. The molecular formula is C21H22ClNO5. The van der Waals surface area contributed by atoms with Crippen molar-refractivity contribution in [2.45, 2.75) is 19.8 Å². The molecule has 0 saturated heterocycles. The zero-order valence-electron chi connectivity index (χ0n) is 15.9. The van der Waals surface area contributed by atoms with Crippen LogP contribution in [0, 0.1) is 5.92 Å². The monoisotopic (exact) mass is 403 g/mol. The molecule has 1 atom stereocenters. The fraction of sp³-hybridized carbons (Fsp3) is 0.286. The van der Waals surface area contributed by atoms with E-state index in [1.54, 1.807) is 42.5 Å². The highest BCUT2D eigenvalue weighted by Crippen LogP contribution is 2.27. The van der Waals surface area contributed by atoms with Crippen molar-refractivity contribution in [2.24, 2.45) is 5.92 Å². The summed E-state index contributed by atoms with van der Waals surface area (Å²) >= 11 is 5.89. The minimum Gasteiger partial charge on any atom is -0.496 e. The number of amides is 2. The topological polar surface area (TPSA) is 81.7 Å². The highest BCUT2D eigenvalue weighted by Gasteiger charge is 2.26. The van der Waals surface area contributed by atoms with Crippen molar-refractivity contribution in [1.29, 1.82) is 0 Å². The number of hydrogen-bond donors (Lipinski definition) is 1. The van der Waals surface area contributed by atoms with Crippen LogP contribution in [-0.4, -0.2) is 31.5 Å². The average molecular weight is 404 g/mol. The normalized spacial score (nSPS) is 11.6. The van der Waals surface area contributed by atoms with E-state index in [4.69, 9.17) is 21.1 Å². The van der Waals surface area contributed by atoms with Gasteiger partial charge in [-0.1, -0.05) is 49.7 Å². The summed E-state index contributed by atoms with van der Waals surface area (Å²) in [6, 6.07) is 13.4. The first-order valence-corrected chi connectivity index (χ1v) is 9.10. The number of ether oxygens (including phenoxy) is 2. The third kappa shape index (κ3) is 5.57. The number of carbonyl (C=O) groups excluding carboxylic acids is 3. The summed E-state index contributed by atoms with van der Waals surface area (Å²) < 4.78 is 10.2. The van der Waals surface area contributed by atoms with E-state index in [2.05, 4.69) is 5.32 Å². The molecule has 0 aliphatic carbocycles. The second kappa shape index (κ2) is 9.90. The van der Waals surface area contributed by atoms with Gasteiger partial charge in [0.1, 0.15) is 5.75 Å². The summed E-state index contributed by atoms with van der Waals surface area (Å²) in [6.45, 7) is 3.20. The number of benzene rings is 2. The molecule has 0 aliphatic heterocycles. The Hall–Kier alpha value is -2.86. The number of para-hydroxylation sites is 1. The summed E-state index contributed by atoms with van der Waals surface area (Å²) in [5, 5.41) is 2.75. The van der Waals surface area contributed by atoms with Gasteiger partial charge in [-0.2, -0.15) is 0 Å². The lowest BCUT2D eigenvalue weighted by Gasteiger charge is -2.19. The maximum atomic E-state index is 12.5. The summed E-state index contributed by atoms with van der Waals surface area (Å²) in [4.78, 5) is 36.7. The van der Waals surface area contributed by atoms with Crippen molar-refractivity contribution in [2.75, 3.05) is 13.7 Å². The number of nitrogens with one attached hydrogen (secondary N) is 1. The number of hydrogen-bond acceptors (Lipinski definition) is 5. The lowest BCUT2D eigenvalue weighted by atomic mass is 9.88. The second-order valence-electron chi connectivity index (χ2n) is 6.46. The molecular weight excluding hydrogens is 382 g/mol. The molecule has 0 aromatic heterocycles. The predicted molar refractivity (Wildman–Crippen MR) is 105 cm³/mol. The third-order valence-corrected chi connectivity index (χ3v) is 4.35. The molecule has 2 aromatic carbocycles. The number of methoxy groups -OCH3 is 1. The smallest absolute Gasteiger partial charge is 0.314 e. The fourth-order valence-corrected chi connectivity index (χ4v) is 2.88. The van der Waals surface area contributed by atoms with Crippen molar-refractivity contribution >= 4 is 29.4 Å². The number of rotatable bonds is 7. The number of halogens is 1. The number of esters is 1. The Morgan fingerprint density at radius 3 is 2.29 bits per heavy atom. The van der Waals surface area contributed by atoms with Crippen LogP contribution in [0.25, 0.3) is 0 Å². The van der Waals surface area contributed by atoms with Gasteiger partial charge in [-0.25, -0.2) is 0 Å². The average Bonchev–Trinajstić information content (AvgIpc) is 2.67. The molecule has 0 aliphatic rings. The summed E-state index contributed by atoms with van der Waals surface area (Å²) in [5.74, 6) is -2.15. The maximum Gasteiger partial charge on any atom is 0.314 e. The van der Waals surface area contributed by atoms with Gasteiger partial charge in [-0.15, -0.1) is 0 Å². The van der Waals surface area contributed by atoms with Crippen LogP contribution in [0.5, 0.6) is 5.75 Å². The molecule has 2 rings (SSSR count). The SMILES string of the molecule is COc1ccccc1C(=O)NC(=O)COC(=O)[C@@H](c1ccc(Cl)cc1)C(C)C. The molecule has 0 unspecified atom stereocenters. The zero-order valence-corrected chi connectivity index (χ0v) is 16.7. The third-order valence-electron chi connectivity index (χ3n) is 4.10. The van der Waals surface area contributed by atoms with Gasteiger partial charge in [0.15, 0.2) is 6.61 Å². The van der Waals surface area contributed by atoms with Gasteiger partial charge >= 0.3 is 5.97 Å². The first kappa shape index (κ1) is 21.4. The minimum absolute atomic E-state index is 0.0491. The number of carbonyl (C=O) groups is 3. The van der Waals surface area contributed by atoms with Gasteiger partial charge in [0.05, 0.1) is 18.6 Å². The zero-order chi connectivity index (χ0) is 20.7. The quantitative estimate of drug-likeness (QED) is 0.714. The van der Waals surface area contributed by atoms with Crippen molar-refractivity contribution in [3.05, 3.63) is 64.7 Å². The van der Waals surface area contributed by atoms with E-state index in [9.17, 15) is 14.4 Å². The molecule has 0 radical (unpaired) electrons. The van der Waals surface area contributed by atoms with E-state index in [1.165, 1.54) is 13.2 Å². The first-order chi connectivity index (χ1) is 13.3. The lowest BCUT2D eigenvalue weighted by Crippen LogP contribution is -2.35. The first-order valence-electron chi connectivity index (χ1n) is 8.72. The van der Waals surface area contributed by atoms with Crippen LogP contribution in [0.15, 0.2) is 48.5 Å². The standard InChI is InChI=1S/C21H22ClNO5/c1-13(2)19(14-8-10-15(22)11-9-14)21(26)28-12-18(24)23-20(25)16-6-4-5-7-17(16)27-3/h4-11,13,19H,12H2,1-3H3,(H,23,24,25)/t19-/m1/s1.